The number of carbonyl (C=O) groups is 1. The molecule has 8 saturated carbocycles. The van der Waals surface area contributed by atoms with Crippen LogP contribution in [0.2, 0.25) is 0 Å². The number of esters is 1. The fraction of sp³-hybridized carbons (Fsp3) is 0.982. The highest BCUT2D eigenvalue weighted by Crippen LogP contribution is 2.71. The van der Waals surface area contributed by atoms with Gasteiger partial charge in [-0.25, -0.2) is 4.18 Å². The zero-order valence-electron chi connectivity index (χ0n) is 40.7. The van der Waals surface area contributed by atoms with Crippen LogP contribution in [0.3, 0.4) is 0 Å². The molecule has 22 atom stereocenters. The number of rotatable bonds is 11. The average Bonchev–Trinajstić information content (AvgIpc) is 3.76. The number of fused-ring (bicyclic) bond motifs is 10. The minimum Gasteiger partial charge on any atom is -0.463 e. The Morgan fingerprint density at radius 1 is 0.621 bits per heavy atom. The molecule has 0 heterocycles. The number of ether oxygens (including phenoxy) is 1. The Balaban J connectivity index is 0.000000276. The van der Waals surface area contributed by atoms with Gasteiger partial charge in [-0.15, -0.1) is 0 Å². The normalized spacial score (nSPS) is 47.7. The summed E-state index contributed by atoms with van der Waals surface area (Å²) < 4.78 is 41.0. The maximum atomic E-state index is 11.8. The van der Waals surface area contributed by atoms with Crippen molar-refractivity contribution in [2.75, 3.05) is 13.2 Å². The number of hydrogen-bond acceptors (Lipinski definition) is 9. The Kier molecular flexibility index (Phi) is 19.2. The molecule has 11 heteroatoms. The van der Waals surface area contributed by atoms with Crippen molar-refractivity contribution in [1.29, 1.82) is 0 Å². The minimum atomic E-state index is -4.39. The second-order valence-electron chi connectivity index (χ2n) is 24.3. The van der Waals surface area contributed by atoms with Gasteiger partial charge in [0.05, 0.1) is 24.9 Å². The van der Waals surface area contributed by atoms with Gasteiger partial charge < -0.3 is 25.2 Å². The molecular weight excluding hydrogens is 853 g/mol. The zero-order valence-corrected chi connectivity index (χ0v) is 41.5. The monoisotopic (exact) mass is 955 g/mol. The van der Waals surface area contributed by atoms with Crippen LogP contribution in [0.1, 0.15) is 200 Å². The molecule has 0 saturated heterocycles. The maximum absolute atomic E-state index is 11.8. The lowest BCUT2D eigenvalue weighted by atomic mass is 9.41. The predicted molar refractivity (Wildman–Crippen MR) is 265 cm³/mol. The first-order valence-electron chi connectivity index (χ1n) is 26.0. The van der Waals surface area contributed by atoms with Crippen LogP contribution < -0.4 is 0 Å². The third kappa shape index (κ3) is 10.1. The number of aliphatic hydroxyl groups excluding tert-OH is 4. The topological polar surface area (TPSA) is 171 Å². The summed E-state index contributed by atoms with van der Waals surface area (Å²) in [5, 5.41) is 43.5. The van der Waals surface area contributed by atoms with Crippen LogP contribution in [0, 0.1) is 105 Å². The van der Waals surface area contributed by atoms with E-state index in [4.69, 9.17) is 9.29 Å². The quantitative estimate of drug-likeness (QED) is 0.0992. The number of aliphatic hydroxyl groups is 4. The minimum absolute atomic E-state index is 0. The van der Waals surface area contributed by atoms with E-state index in [0.29, 0.717) is 88.8 Å². The van der Waals surface area contributed by atoms with Crippen molar-refractivity contribution >= 4 is 16.4 Å². The predicted octanol–water partition coefficient (Wildman–Crippen LogP) is 11.6. The fourth-order valence-electron chi connectivity index (χ4n) is 19.1. The molecule has 8 aliphatic rings. The Morgan fingerprint density at radius 3 is 1.48 bits per heavy atom. The molecule has 8 fully saturated rings. The molecule has 4 unspecified atom stereocenters. The van der Waals surface area contributed by atoms with E-state index >= 15 is 0 Å². The summed E-state index contributed by atoms with van der Waals surface area (Å²) in [6, 6.07) is 0. The molecule has 8 rings (SSSR count). The van der Waals surface area contributed by atoms with E-state index in [1.165, 1.54) is 32.6 Å². The molecule has 0 aromatic carbocycles. The van der Waals surface area contributed by atoms with Crippen LogP contribution in [0.25, 0.3) is 0 Å². The molecule has 0 aromatic heterocycles. The number of carbonyl (C=O) groups excluding carboxylic acids is 1. The van der Waals surface area contributed by atoms with Crippen molar-refractivity contribution in [2.45, 2.75) is 225 Å². The fourth-order valence-corrected chi connectivity index (χ4v) is 19.4. The molecule has 388 valence electrons. The Labute approximate surface area is 404 Å². The average molecular weight is 955 g/mol. The van der Waals surface area contributed by atoms with E-state index < -0.39 is 10.4 Å². The summed E-state index contributed by atoms with van der Waals surface area (Å²) in [4.78, 5) is 11.6. The molecule has 10 nitrogen and oxygen atoms in total. The van der Waals surface area contributed by atoms with Gasteiger partial charge in [0.15, 0.2) is 0 Å². The van der Waals surface area contributed by atoms with Crippen LogP contribution in [0.5, 0.6) is 0 Å². The van der Waals surface area contributed by atoms with Crippen molar-refractivity contribution < 1.29 is 47.1 Å². The van der Waals surface area contributed by atoms with Gasteiger partial charge >= 0.3 is 16.4 Å². The summed E-state index contributed by atoms with van der Waals surface area (Å²) in [6.45, 7) is 20.7. The van der Waals surface area contributed by atoms with Gasteiger partial charge in [0.1, 0.15) is 6.10 Å². The third-order valence-corrected chi connectivity index (χ3v) is 22.5. The maximum Gasteiger partial charge on any atom is 0.397 e. The van der Waals surface area contributed by atoms with Gasteiger partial charge in [-0.2, -0.15) is 8.42 Å². The highest BCUT2D eigenvalue weighted by atomic mass is 32.3. The molecule has 0 aromatic rings. The van der Waals surface area contributed by atoms with Crippen LogP contribution in [-0.4, -0.2) is 77.0 Å². The largest absolute Gasteiger partial charge is 0.463 e. The van der Waals surface area contributed by atoms with E-state index in [-0.39, 0.29) is 88.0 Å². The van der Waals surface area contributed by atoms with E-state index in [1.54, 1.807) is 0 Å². The first-order valence-corrected chi connectivity index (χ1v) is 27.4. The smallest absolute Gasteiger partial charge is 0.397 e. The first-order chi connectivity index (χ1) is 29.6. The van der Waals surface area contributed by atoms with E-state index in [1.807, 2.05) is 0 Å². The van der Waals surface area contributed by atoms with E-state index in [0.717, 1.165) is 83.5 Å². The molecule has 0 amide bonds. The summed E-state index contributed by atoms with van der Waals surface area (Å²) in [7, 11) is -4.39. The molecule has 0 aliphatic heterocycles. The van der Waals surface area contributed by atoms with Crippen LogP contribution in [-0.2, 0) is 24.1 Å². The summed E-state index contributed by atoms with van der Waals surface area (Å²) in [5.41, 5.74) is 0.901. The van der Waals surface area contributed by atoms with E-state index in [2.05, 4.69) is 59.6 Å². The molecule has 0 radical (unpaired) electrons. The van der Waals surface area contributed by atoms with Gasteiger partial charge in [-0.3, -0.25) is 9.35 Å². The van der Waals surface area contributed by atoms with Gasteiger partial charge in [0, 0.05) is 13.5 Å². The molecule has 5 N–H and O–H groups in total. The Bertz CT molecular complexity index is 1690. The van der Waals surface area contributed by atoms with Crippen molar-refractivity contribution in [2.24, 2.45) is 105 Å². The molecule has 8 aliphatic carbocycles. The lowest BCUT2D eigenvalue weighted by Gasteiger charge is -2.64. The second-order valence-corrected chi connectivity index (χ2v) is 25.4. The van der Waals surface area contributed by atoms with Crippen molar-refractivity contribution in [3.05, 3.63) is 0 Å². The summed E-state index contributed by atoms with van der Waals surface area (Å²) in [5.74, 6) is 6.18. The molecule has 0 bridgehead atoms. The highest BCUT2D eigenvalue weighted by Gasteiger charge is 2.67. The van der Waals surface area contributed by atoms with Gasteiger partial charge in [0.2, 0.25) is 0 Å². The third-order valence-electron chi connectivity index (χ3n) is 22.0. The van der Waals surface area contributed by atoms with Crippen LogP contribution >= 0.6 is 0 Å². The van der Waals surface area contributed by atoms with Crippen molar-refractivity contribution in [3.63, 3.8) is 0 Å². The van der Waals surface area contributed by atoms with Gasteiger partial charge in [0.25, 0.3) is 0 Å². The summed E-state index contributed by atoms with van der Waals surface area (Å²) >= 11 is 0. The highest BCUT2D eigenvalue weighted by molar-refractivity contribution is 7.80. The lowest BCUT2D eigenvalue weighted by molar-refractivity contribution is -0.207. The lowest BCUT2D eigenvalue weighted by Crippen LogP contribution is -2.62. The molecule has 66 heavy (non-hydrogen) atoms. The summed E-state index contributed by atoms with van der Waals surface area (Å²) in [6.07, 6.45) is 18.1. The van der Waals surface area contributed by atoms with Crippen LogP contribution in [0.4, 0.5) is 0 Å². The first kappa shape index (κ1) is 57.8. The SMILES string of the molecule is C.C.C.CC[C@H]1[C@@H](O)[C@H]2C3CC[C@H]([C@H](C)CCO)[C@@]3(C)CCC2[C@@]2(C)CC[C@@H](OC(C)=O)C[C@@H]12.CC[C@H]1[C@@H](O)[C@H]2C3CC[C@H]([C@H](C)CCOS(=O)(=O)O)[C@@]3(C)CCC2[C@@]2(C)CC[C@@H](O)C[C@@H]12. The van der Waals surface area contributed by atoms with Crippen molar-refractivity contribution in [3.8, 4) is 0 Å². The number of hydrogen-bond donors (Lipinski definition) is 5. The van der Waals surface area contributed by atoms with Crippen molar-refractivity contribution in [1.82, 2.24) is 0 Å². The standard InChI is InChI=1S/C27H46O4.C25H44O6S.3CH4/c1-6-19-23-15-18(31-17(3)29)9-12-27(23,5)22-10-13-26(4)20(16(2)11-14-28)7-8-21(26)24(22)25(19)30;1-5-17-21-14-16(26)8-11-25(21,4)20-9-12-24(3)18(6-7-19(24)22(20)23(17)27)15(2)10-13-31-32(28,29)30;;;/h16,18-25,28,30H,6-15H2,1-5H3;15-23,26-27H,5-14H2,1-4H3,(H,28,29,30);3*1H4/t16-,18-,19-,20-,21?,22?,23+,24+,25-,26-,27-;15-,16-,17-,18-,19?,20?,21+,22+,23-,24-,25-;;;/m11.../s1. The molecule has 0 spiro atoms. The molecular formula is C55H102O10S. The van der Waals surface area contributed by atoms with Gasteiger partial charge in [-0.05, 0) is 207 Å². The Hall–Kier alpha value is -0.820. The van der Waals surface area contributed by atoms with Crippen LogP contribution in [0.15, 0.2) is 0 Å². The van der Waals surface area contributed by atoms with E-state index in [9.17, 15) is 33.6 Å². The second kappa shape index (κ2) is 21.9. The van der Waals surface area contributed by atoms with Gasteiger partial charge in [-0.1, -0.05) is 90.5 Å². The zero-order chi connectivity index (χ0) is 46.0. The Morgan fingerprint density at radius 2 is 1.05 bits per heavy atom.